The summed E-state index contributed by atoms with van der Waals surface area (Å²) in [6.45, 7) is -0.475. The fourth-order valence-corrected chi connectivity index (χ4v) is 3.92. The molecule has 2 aliphatic carbocycles. The van der Waals surface area contributed by atoms with Crippen molar-refractivity contribution >= 4 is 17.8 Å². The molecule has 2 fully saturated rings. The Hall–Kier alpha value is -2.44. The van der Waals surface area contributed by atoms with Crippen LogP contribution in [0.3, 0.4) is 0 Å². The molecule has 1 aromatic rings. The van der Waals surface area contributed by atoms with Gasteiger partial charge >= 0.3 is 5.97 Å². The van der Waals surface area contributed by atoms with Crippen LogP contribution in [0.15, 0.2) is 24.3 Å². The second kappa shape index (κ2) is 7.63. The summed E-state index contributed by atoms with van der Waals surface area (Å²) in [4.78, 5) is 35.2. The molecule has 0 saturated heterocycles. The maximum absolute atomic E-state index is 13.4. The van der Waals surface area contributed by atoms with Crippen molar-refractivity contribution < 1.29 is 23.5 Å². The van der Waals surface area contributed by atoms with Crippen LogP contribution < -0.4 is 10.9 Å². The Morgan fingerprint density at radius 2 is 1.92 bits per heavy atom. The van der Waals surface area contributed by atoms with Gasteiger partial charge < -0.3 is 4.74 Å². The summed E-state index contributed by atoms with van der Waals surface area (Å²) in [5.74, 6) is -0.799. The molecule has 2 bridgehead atoms. The van der Waals surface area contributed by atoms with E-state index in [-0.39, 0.29) is 5.56 Å². The molecule has 2 N–H and O–H groups in total. The van der Waals surface area contributed by atoms with Gasteiger partial charge in [-0.2, -0.15) is 0 Å². The number of hydrazine groups is 1. The number of fused-ring (bicyclic) bond motifs is 2. The molecule has 2 amide bonds. The van der Waals surface area contributed by atoms with Gasteiger partial charge in [-0.15, -0.1) is 0 Å². The quantitative estimate of drug-likeness (QED) is 0.629. The van der Waals surface area contributed by atoms with Crippen molar-refractivity contribution in [1.29, 1.82) is 0 Å². The highest BCUT2D eigenvalue weighted by Crippen LogP contribution is 2.49. The summed E-state index contributed by atoms with van der Waals surface area (Å²) < 4.78 is 18.4. The molecule has 2 saturated carbocycles. The molecule has 0 spiro atoms. The van der Waals surface area contributed by atoms with Crippen LogP contribution in [0.2, 0.25) is 0 Å². The van der Waals surface area contributed by atoms with Gasteiger partial charge in [0.25, 0.3) is 11.8 Å². The van der Waals surface area contributed by atoms with Crippen LogP contribution in [0.5, 0.6) is 0 Å². The number of ether oxygens (including phenoxy) is 1. The third-order valence-corrected chi connectivity index (χ3v) is 5.11. The molecule has 3 unspecified atom stereocenters. The van der Waals surface area contributed by atoms with Crippen LogP contribution in [0, 0.1) is 23.6 Å². The van der Waals surface area contributed by atoms with E-state index in [2.05, 4.69) is 10.9 Å². The molecule has 3 rings (SSSR count). The average Bonchev–Trinajstić information content (AvgIpc) is 3.21. The van der Waals surface area contributed by atoms with Gasteiger partial charge in [-0.05, 0) is 49.1 Å². The van der Waals surface area contributed by atoms with E-state index in [0.717, 1.165) is 18.4 Å². The van der Waals surface area contributed by atoms with E-state index in [1.54, 1.807) is 0 Å². The molecule has 0 heterocycles. The molecular weight excluding hydrogens is 327 g/mol. The van der Waals surface area contributed by atoms with Crippen LogP contribution in [0.25, 0.3) is 0 Å². The largest absolute Gasteiger partial charge is 0.455 e. The summed E-state index contributed by atoms with van der Waals surface area (Å²) in [7, 11) is 0. The number of amides is 2. The lowest BCUT2D eigenvalue weighted by atomic mass is 9.86. The number of nitrogens with one attached hydrogen (secondary N) is 2. The van der Waals surface area contributed by atoms with E-state index in [4.69, 9.17) is 4.74 Å². The number of hydrogen-bond acceptors (Lipinski definition) is 4. The van der Waals surface area contributed by atoms with Gasteiger partial charge in [0, 0.05) is 6.42 Å². The third-order valence-electron chi connectivity index (χ3n) is 5.11. The summed E-state index contributed by atoms with van der Waals surface area (Å²) in [6.07, 6.45) is 5.08. The molecule has 7 heteroatoms. The Kier molecular flexibility index (Phi) is 5.31. The lowest BCUT2D eigenvalue weighted by Crippen LogP contribution is -2.43. The predicted molar refractivity (Wildman–Crippen MR) is 86.5 cm³/mol. The van der Waals surface area contributed by atoms with Gasteiger partial charge in [0.15, 0.2) is 6.61 Å². The molecule has 2 aliphatic rings. The second-order valence-corrected chi connectivity index (χ2v) is 6.78. The first-order valence-corrected chi connectivity index (χ1v) is 8.52. The van der Waals surface area contributed by atoms with Gasteiger partial charge in [0.05, 0.1) is 5.56 Å². The van der Waals surface area contributed by atoms with Crippen LogP contribution in [-0.4, -0.2) is 24.4 Å². The first kappa shape index (κ1) is 17.4. The minimum atomic E-state index is -0.778. The topological polar surface area (TPSA) is 84.5 Å². The maximum Gasteiger partial charge on any atom is 0.306 e. The first-order valence-electron chi connectivity index (χ1n) is 8.52. The van der Waals surface area contributed by atoms with Crippen molar-refractivity contribution in [2.24, 2.45) is 17.8 Å². The Balaban J connectivity index is 1.36. The highest BCUT2D eigenvalue weighted by atomic mass is 19.1. The van der Waals surface area contributed by atoms with E-state index in [9.17, 15) is 18.8 Å². The normalized spacial score (nSPS) is 24.0. The fraction of sp³-hybridized carbons (Fsp3) is 0.500. The molecule has 1 aromatic carbocycles. The molecule has 0 aliphatic heterocycles. The highest BCUT2D eigenvalue weighted by molar-refractivity contribution is 5.95. The fourth-order valence-electron chi connectivity index (χ4n) is 3.92. The molecule has 0 aromatic heterocycles. The Bertz CT molecular complexity index is 679. The average molecular weight is 348 g/mol. The lowest BCUT2D eigenvalue weighted by Gasteiger charge is -2.20. The van der Waals surface area contributed by atoms with Crippen LogP contribution in [0.4, 0.5) is 4.39 Å². The number of hydrogen-bond donors (Lipinski definition) is 2. The SMILES string of the molecule is O=C(COC(=O)CC1CC2CCC1C2)NNC(=O)c1ccccc1F. The minimum Gasteiger partial charge on any atom is -0.455 e. The van der Waals surface area contributed by atoms with Crippen LogP contribution in [-0.2, 0) is 14.3 Å². The van der Waals surface area contributed by atoms with E-state index in [1.165, 1.54) is 37.5 Å². The maximum atomic E-state index is 13.4. The molecule has 6 nitrogen and oxygen atoms in total. The van der Waals surface area contributed by atoms with Gasteiger partial charge in [0.2, 0.25) is 0 Å². The first-order chi connectivity index (χ1) is 12.0. The predicted octanol–water partition coefficient (Wildman–Crippen LogP) is 1.96. The van der Waals surface area contributed by atoms with Gasteiger partial charge in [0.1, 0.15) is 5.82 Å². The minimum absolute atomic E-state index is 0.184. The molecule has 134 valence electrons. The van der Waals surface area contributed by atoms with E-state index < -0.39 is 30.2 Å². The number of esters is 1. The van der Waals surface area contributed by atoms with Crippen molar-refractivity contribution in [1.82, 2.24) is 10.9 Å². The van der Waals surface area contributed by atoms with E-state index in [1.807, 2.05) is 0 Å². The number of rotatable bonds is 5. The summed E-state index contributed by atoms with van der Waals surface area (Å²) in [5, 5.41) is 0. The molecule has 0 radical (unpaired) electrons. The number of carbonyl (C=O) groups excluding carboxylic acids is 3. The van der Waals surface area contributed by atoms with Crippen molar-refractivity contribution in [3.8, 4) is 0 Å². The van der Waals surface area contributed by atoms with E-state index in [0.29, 0.717) is 18.3 Å². The monoisotopic (exact) mass is 348 g/mol. The molecule has 25 heavy (non-hydrogen) atoms. The highest BCUT2D eigenvalue weighted by Gasteiger charge is 2.40. The summed E-state index contributed by atoms with van der Waals surface area (Å²) >= 11 is 0. The number of benzene rings is 1. The smallest absolute Gasteiger partial charge is 0.306 e. The zero-order valence-electron chi connectivity index (χ0n) is 13.8. The Morgan fingerprint density at radius 1 is 1.12 bits per heavy atom. The number of carbonyl (C=O) groups is 3. The summed E-state index contributed by atoms with van der Waals surface area (Å²) in [5.41, 5.74) is 4.01. The Morgan fingerprint density at radius 3 is 2.60 bits per heavy atom. The number of halogens is 1. The van der Waals surface area contributed by atoms with Crippen LogP contribution in [0.1, 0.15) is 42.5 Å². The van der Waals surface area contributed by atoms with Crippen molar-refractivity contribution in [3.63, 3.8) is 0 Å². The zero-order chi connectivity index (χ0) is 17.8. The second-order valence-electron chi connectivity index (χ2n) is 6.78. The lowest BCUT2D eigenvalue weighted by molar-refractivity contribution is -0.150. The van der Waals surface area contributed by atoms with Gasteiger partial charge in [-0.3, -0.25) is 25.2 Å². The van der Waals surface area contributed by atoms with Crippen molar-refractivity contribution in [3.05, 3.63) is 35.6 Å². The van der Waals surface area contributed by atoms with E-state index >= 15 is 0 Å². The molecule has 3 atom stereocenters. The summed E-state index contributed by atoms with van der Waals surface area (Å²) in [6, 6.07) is 5.41. The van der Waals surface area contributed by atoms with Crippen molar-refractivity contribution in [2.45, 2.75) is 32.1 Å². The molecular formula is C18H21FN2O4. The Labute approximate surface area is 145 Å². The van der Waals surface area contributed by atoms with Gasteiger partial charge in [-0.1, -0.05) is 18.6 Å². The third kappa shape index (κ3) is 4.35. The standard InChI is InChI=1S/C18H21FN2O4/c19-15-4-2-1-3-14(15)18(24)21-20-16(22)10-25-17(23)9-13-8-11-5-6-12(13)7-11/h1-4,11-13H,5-10H2,(H,20,22)(H,21,24). The van der Waals surface area contributed by atoms with Gasteiger partial charge in [-0.25, -0.2) is 4.39 Å². The van der Waals surface area contributed by atoms with Crippen LogP contribution >= 0.6 is 0 Å². The zero-order valence-corrected chi connectivity index (χ0v) is 13.8. The van der Waals surface area contributed by atoms with Crippen molar-refractivity contribution in [2.75, 3.05) is 6.61 Å².